The largest absolute Gasteiger partial charge is 0.339 e. The Balaban J connectivity index is 2.45. The number of hydrogen-bond donors (Lipinski definition) is 0. The molecule has 1 aliphatic rings. The lowest BCUT2D eigenvalue weighted by Gasteiger charge is -2.35. The van der Waals surface area contributed by atoms with Gasteiger partial charge in [-0.15, -0.1) is 0 Å². The van der Waals surface area contributed by atoms with Gasteiger partial charge in [-0.3, -0.25) is 9.59 Å². The first kappa shape index (κ1) is 13.6. The third kappa shape index (κ3) is 3.25. The van der Waals surface area contributed by atoms with Gasteiger partial charge in [-0.05, 0) is 0 Å². The van der Waals surface area contributed by atoms with E-state index in [1.54, 1.807) is 9.80 Å². The molecule has 1 heterocycles. The molecule has 0 N–H and O–H groups in total. The fraction of sp³-hybridized carbons (Fsp3) is 0.800. The first-order valence-electron chi connectivity index (χ1n) is 5.29. The number of alkyl halides is 2. The summed E-state index contributed by atoms with van der Waals surface area (Å²) >= 11 is 11.0. The zero-order chi connectivity index (χ0) is 12.3. The predicted molar refractivity (Wildman–Crippen MR) is 63.5 cm³/mol. The van der Waals surface area contributed by atoms with Crippen molar-refractivity contribution >= 4 is 35.0 Å². The lowest BCUT2D eigenvalue weighted by Crippen LogP contribution is -2.52. The highest BCUT2D eigenvalue weighted by Gasteiger charge is 2.27. The highest BCUT2D eigenvalue weighted by Crippen LogP contribution is 2.11. The van der Waals surface area contributed by atoms with E-state index < -0.39 is 4.84 Å². The van der Waals surface area contributed by atoms with Crippen LogP contribution in [0.25, 0.3) is 0 Å². The van der Waals surface area contributed by atoms with Crippen molar-refractivity contribution in [1.82, 2.24) is 9.80 Å². The van der Waals surface area contributed by atoms with Crippen LogP contribution in [0.15, 0.2) is 0 Å². The Morgan fingerprint density at radius 3 is 1.62 bits per heavy atom. The van der Waals surface area contributed by atoms with Gasteiger partial charge in [0.25, 0.3) is 5.91 Å². The first-order valence-corrected chi connectivity index (χ1v) is 6.16. The minimum atomic E-state index is -1.01. The summed E-state index contributed by atoms with van der Waals surface area (Å²) in [6.07, 6.45) is 0. The average molecular weight is 267 g/mol. The van der Waals surface area contributed by atoms with Crippen LogP contribution in [0, 0.1) is 5.92 Å². The zero-order valence-electron chi connectivity index (χ0n) is 9.45. The van der Waals surface area contributed by atoms with E-state index in [0.717, 1.165) is 0 Å². The van der Waals surface area contributed by atoms with E-state index in [1.807, 2.05) is 13.8 Å². The molecule has 2 amide bonds. The topological polar surface area (TPSA) is 40.6 Å². The first-order chi connectivity index (χ1) is 7.43. The van der Waals surface area contributed by atoms with Crippen molar-refractivity contribution in [2.24, 2.45) is 5.92 Å². The minimum Gasteiger partial charge on any atom is -0.339 e. The fourth-order valence-corrected chi connectivity index (χ4v) is 1.93. The normalized spacial score (nSPS) is 17.1. The van der Waals surface area contributed by atoms with Crippen LogP contribution in [-0.2, 0) is 9.59 Å². The molecule has 0 aliphatic carbocycles. The summed E-state index contributed by atoms with van der Waals surface area (Å²) in [5.41, 5.74) is 0. The van der Waals surface area contributed by atoms with E-state index in [-0.39, 0.29) is 17.7 Å². The second-order valence-corrected chi connectivity index (χ2v) is 5.20. The van der Waals surface area contributed by atoms with Gasteiger partial charge < -0.3 is 9.80 Å². The van der Waals surface area contributed by atoms with Gasteiger partial charge >= 0.3 is 0 Å². The molecule has 1 saturated heterocycles. The number of carbonyl (C=O) groups is 2. The Kier molecular flexibility index (Phi) is 4.87. The van der Waals surface area contributed by atoms with Gasteiger partial charge in [0, 0.05) is 32.1 Å². The van der Waals surface area contributed by atoms with Crippen molar-refractivity contribution in [1.29, 1.82) is 0 Å². The van der Waals surface area contributed by atoms with Crippen LogP contribution in [0.5, 0.6) is 0 Å². The van der Waals surface area contributed by atoms with E-state index in [2.05, 4.69) is 0 Å². The predicted octanol–water partition coefficient (Wildman–Crippen LogP) is 1.12. The summed E-state index contributed by atoms with van der Waals surface area (Å²) < 4.78 is 0. The standard InChI is InChI=1S/C10H16Cl2N2O2/c1-7(2)9(15)13-3-5-14(6-4-13)10(16)8(11)12/h7-8H,3-6H2,1-2H3. The van der Waals surface area contributed by atoms with E-state index >= 15 is 0 Å². The van der Waals surface area contributed by atoms with E-state index in [9.17, 15) is 9.59 Å². The minimum absolute atomic E-state index is 0.00365. The molecule has 92 valence electrons. The van der Waals surface area contributed by atoms with Gasteiger partial charge in [0.2, 0.25) is 5.91 Å². The van der Waals surface area contributed by atoms with Gasteiger partial charge in [-0.1, -0.05) is 37.0 Å². The maximum Gasteiger partial charge on any atom is 0.255 e. The second-order valence-electron chi connectivity index (χ2n) is 4.11. The number of nitrogens with zero attached hydrogens (tertiary/aromatic N) is 2. The summed E-state index contributed by atoms with van der Waals surface area (Å²) in [6, 6.07) is 0. The molecule has 0 unspecified atom stereocenters. The smallest absolute Gasteiger partial charge is 0.255 e. The molecule has 6 heteroatoms. The lowest BCUT2D eigenvalue weighted by molar-refractivity contribution is -0.140. The Morgan fingerprint density at radius 2 is 1.31 bits per heavy atom. The van der Waals surface area contributed by atoms with E-state index in [0.29, 0.717) is 26.2 Å². The van der Waals surface area contributed by atoms with Gasteiger partial charge in [-0.2, -0.15) is 0 Å². The van der Waals surface area contributed by atoms with E-state index in [1.165, 1.54) is 0 Å². The summed E-state index contributed by atoms with van der Waals surface area (Å²) in [7, 11) is 0. The Morgan fingerprint density at radius 1 is 0.938 bits per heavy atom. The number of hydrogen-bond acceptors (Lipinski definition) is 2. The Labute approximate surface area is 105 Å². The molecule has 0 spiro atoms. The van der Waals surface area contributed by atoms with Crippen LogP contribution < -0.4 is 0 Å². The summed E-state index contributed by atoms with van der Waals surface area (Å²) in [5, 5.41) is 0. The van der Waals surface area contributed by atoms with Gasteiger partial charge in [0.15, 0.2) is 4.84 Å². The van der Waals surface area contributed by atoms with Crippen LogP contribution in [0.3, 0.4) is 0 Å². The quantitative estimate of drug-likeness (QED) is 0.703. The average Bonchev–Trinajstić information content (AvgIpc) is 2.27. The molecule has 0 aromatic carbocycles. The maximum absolute atomic E-state index is 11.7. The summed E-state index contributed by atoms with van der Waals surface area (Å²) in [5.74, 6) is -0.156. The van der Waals surface area contributed by atoms with Crippen molar-refractivity contribution in [2.75, 3.05) is 26.2 Å². The van der Waals surface area contributed by atoms with Crippen LogP contribution in [0.1, 0.15) is 13.8 Å². The van der Waals surface area contributed by atoms with Crippen molar-refractivity contribution in [3.05, 3.63) is 0 Å². The lowest BCUT2D eigenvalue weighted by atomic mass is 10.1. The van der Waals surface area contributed by atoms with Crippen molar-refractivity contribution in [2.45, 2.75) is 18.7 Å². The molecule has 0 aromatic heterocycles. The van der Waals surface area contributed by atoms with Crippen LogP contribution >= 0.6 is 23.2 Å². The van der Waals surface area contributed by atoms with Crippen molar-refractivity contribution in [3.8, 4) is 0 Å². The van der Waals surface area contributed by atoms with Crippen molar-refractivity contribution in [3.63, 3.8) is 0 Å². The molecule has 0 atom stereocenters. The van der Waals surface area contributed by atoms with Gasteiger partial charge in [-0.25, -0.2) is 0 Å². The highest BCUT2D eigenvalue weighted by atomic mass is 35.5. The third-order valence-electron chi connectivity index (χ3n) is 2.58. The van der Waals surface area contributed by atoms with Crippen LogP contribution in [-0.4, -0.2) is 52.6 Å². The molecule has 1 rings (SSSR count). The molecule has 16 heavy (non-hydrogen) atoms. The van der Waals surface area contributed by atoms with Crippen molar-refractivity contribution < 1.29 is 9.59 Å². The molecule has 0 saturated carbocycles. The maximum atomic E-state index is 11.7. The number of carbonyl (C=O) groups excluding carboxylic acids is 2. The molecule has 1 aliphatic heterocycles. The zero-order valence-corrected chi connectivity index (χ0v) is 11.0. The molecular formula is C10H16Cl2N2O2. The SMILES string of the molecule is CC(C)C(=O)N1CCN(C(=O)C(Cl)Cl)CC1. The molecule has 0 bridgehead atoms. The van der Waals surface area contributed by atoms with Crippen LogP contribution in [0.4, 0.5) is 0 Å². The molecule has 0 aromatic rings. The monoisotopic (exact) mass is 266 g/mol. The molecular weight excluding hydrogens is 251 g/mol. The second kappa shape index (κ2) is 5.73. The number of halogens is 2. The fourth-order valence-electron chi connectivity index (χ4n) is 1.65. The Hall–Kier alpha value is -0.480. The molecule has 0 radical (unpaired) electrons. The molecule has 1 fully saturated rings. The van der Waals surface area contributed by atoms with Crippen LogP contribution in [0.2, 0.25) is 0 Å². The molecule has 4 nitrogen and oxygen atoms in total. The third-order valence-corrected chi connectivity index (χ3v) is 2.96. The Bertz CT molecular complexity index is 246. The summed E-state index contributed by atoms with van der Waals surface area (Å²) in [6.45, 7) is 5.87. The van der Waals surface area contributed by atoms with Gasteiger partial charge in [0.1, 0.15) is 0 Å². The number of amides is 2. The van der Waals surface area contributed by atoms with E-state index in [4.69, 9.17) is 23.2 Å². The highest BCUT2D eigenvalue weighted by molar-refractivity contribution is 6.53. The van der Waals surface area contributed by atoms with Gasteiger partial charge in [0.05, 0.1) is 0 Å². The number of rotatable bonds is 2. The number of piperazine rings is 1. The summed E-state index contributed by atoms with van der Waals surface area (Å²) in [4.78, 5) is 25.5.